The molecule has 0 fully saturated rings. The summed E-state index contributed by atoms with van der Waals surface area (Å²) in [7, 11) is 1.63. The van der Waals surface area contributed by atoms with Crippen LogP contribution < -0.4 is 4.74 Å². The first-order chi connectivity index (χ1) is 10.8. The smallest absolute Gasteiger partial charge is 0.355 e. The average Bonchev–Trinajstić information content (AvgIpc) is 2.95. The molecular formula is C18H17NO3. The van der Waals surface area contributed by atoms with Crippen molar-refractivity contribution in [2.24, 2.45) is 0 Å². The van der Waals surface area contributed by atoms with Crippen LogP contribution in [0.4, 0.5) is 0 Å². The van der Waals surface area contributed by atoms with Gasteiger partial charge in [0.05, 0.1) is 19.2 Å². The van der Waals surface area contributed by atoms with E-state index < -0.39 is 0 Å². The molecule has 0 atom stereocenters. The van der Waals surface area contributed by atoms with Crippen LogP contribution in [0.15, 0.2) is 54.6 Å². The monoisotopic (exact) mass is 295 g/mol. The summed E-state index contributed by atoms with van der Waals surface area (Å²) in [5.74, 6) is 0.376. The fourth-order valence-corrected chi connectivity index (χ4v) is 2.59. The van der Waals surface area contributed by atoms with Crippen LogP contribution in [0.2, 0.25) is 0 Å². The Kier molecular flexibility index (Phi) is 3.83. The third-order valence-corrected chi connectivity index (χ3v) is 3.51. The van der Waals surface area contributed by atoms with Gasteiger partial charge in [0, 0.05) is 11.1 Å². The largest absolute Gasteiger partial charge is 0.495 e. The Morgan fingerprint density at radius 3 is 2.55 bits per heavy atom. The summed E-state index contributed by atoms with van der Waals surface area (Å²) in [4.78, 5) is 12.3. The predicted octanol–water partition coefficient (Wildman–Crippen LogP) is 3.82. The maximum atomic E-state index is 12.3. The van der Waals surface area contributed by atoms with Crippen LogP contribution in [0.3, 0.4) is 0 Å². The number of methoxy groups -OCH3 is 1. The van der Waals surface area contributed by atoms with Gasteiger partial charge in [0.25, 0.3) is 0 Å². The minimum atomic E-state index is -0.343. The summed E-state index contributed by atoms with van der Waals surface area (Å²) in [6.07, 6.45) is 0. The average molecular weight is 295 g/mol. The number of hydrogen-bond acceptors (Lipinski definition) is 3. The number of carbonyl (C=O) groups excluding carboxylic acids is 1. The number of aromatic nitrogens is 1. The number of para-hydroxylation sites is 2. The molecule has 0 saturated heterocycles. The Bertz CT molecular complexity index is 806. The summed E-state index contributed by atoms with van der Waals surface area (Å²) < 4.78 is 12.5. The number of hydrogen-bond donors (Lipinski definition) is 0. The first-order valence-corrected chi connectivity index (χ1v) is 7.17. The summed E-state index contributed by atoms with van der Waals surface area (Å²) in [5, 5.41) is 0.936. The van der Waals surface area contributed by atoms with Gasteiger partial charge in [0.2, 0.25) is 0 Å². The topological polar surface area (TPSA) is 40.5 Å². The molecule has 0 spiro atoms. The van der Waals surface area contributed by atoms with E-state index in [-0.39, 0.29) is 5.97 Å². The lowest BCUT2D eigenvalue weighted by atomic mass is 10.2. The Morgan fingerprint density at radius 2 is 1.86 bits per heavy atom. The number of nitrogens with zero attached hydrogens (tertiary/aromatic N) is 1. The van der Waals surface area contributed by atoms with E-state index in [1.807, 2.05) is 59.2 Å². The van der Waals surface area contributed by atoms with Crippen LogP contribution in [-0.2, 0) is 4.74 Å². The normalized spacial score (nSPS) is 10.6. The molecule has 0 saturated carbocycles. The molecule has 0 aliphatic carbocycles. The van der Waals surface area contributed by atoms with E-state index in [9.17, 15) is 4.79 Å². The van der Waals surface area contributed by atoms with Crippen molar-refractivity contribution in [2.75, 3.05) is 13.7 Å². The molecule has 22 heavy (non-hydrogen) atoms. The van der Waals surface area contributed by atoms with Crippen molar-refractivity contribution in [3.05, 3.63) is 60.3 Å². The molecule has 112 valence electrons. The highest BCUT2D eigenvalue weighted by molar-refractivity contribution is 5.99. The van der Waals surface area contributed by atoms with E-state index >= 15 is 0 Å². The lowest BCUT2D eigenvalue weighted by Gasteiger charge is -2.12. The van der Waals surface area contributed by atoms with E-state index in [2.05, 4.69) is 0 Å². The van der Waals surface area contributed by atoms with Gasteiger partial charge in [0.15, 0.2) is 0 Å². The fraction of sp³-hybridized carbons (Fsp3) is 0.167. The van der Waals surface area contributed by atoms with Crippen molar-refractivity contribution in [2.45, 2.75) is 6.92 Å². The van der Waals surface area contributed by atoms with Crippen LogP contribution in [0.25, 0.3) is 16.6 Å². The number of ether oxygens (including phenoxy) is 2. The molecule has 0 amide bonds. The van der Waals surface area contributed by atoms with Gasteiger partial charge in [0.1, 0.15) is 11.4 Å². The zero-order valence-electron chi connectivity index (χ0n) is 12.6. The van der Waals surface area contributed by atoms with E-state index in [0.717, 1.165) is 22.3 Å². The summed E-state index contributed by atoms with van der Waals surface area (Å²) in [6.45, 7) is 2.14. The van der Waals surface area contributed by atoms with Gasteiger partial charge in [-0.3, -0.25) is 0 Å². The number of benzene rings is 2. The molecule has 0 bridgehead atoms. The first kappa shape index (κ1) is 14.2. The SMILES string of the molecule is CCOC(=O)c1cc2cccc(OC)c2n1-c1ccccc1. The number of carbonyl (C=O) groups is 1. The van der Waals surface area contributed by atoms with E-state index in [1.54, 1.807) is 14.0 Å². The van der Waals surface area contributed by atoms with Gasteiger partial charge in [-0.2, -0.15) is 0 Å². The Labute approximate surface area is 128 Å². The standard InChI is InChI=1S/C18H17NO3/c1-3-22-18(20)15-12-13-8-7-11-16(21-2)17(13)19(15)14-9-5-4-6-10-14/h4-12H,3H2,1-2H3. The van der Waals surface area contributed by atoms with Crippen molar-refractivity contribution in [1.29, 1.82) is 0 Å². The molecule has 4 heteroatoms. The maximum absolute atomic E-state index is 12.3. The molecule has 1 heterocycles. The Hall–Kier alpha value is -2.75. The molecule has 0 unspecified atom stereocenters. The van der Waals surface area contributed by atoms with E-state index in [0.29, 0.717) is 12.3 Å². The third kappa shape index (κ3) is 2.33. The highest BCUT2D eigenvalue weighted by Gasteiger charge is 2.20. The molecule has 2 aromatic carbocycles. The van der Waals surface area contributed by atoms with E-state index in [4.69, 9.17) is 9.47 Å². The van der Waals surface area contributed by atoms with Crippen molar-refractivity contribution in [3.63, 3.8) is 0 Å². The minimum Gasteiger partial charge on any atom is -0.495 e. The van der Waals surface area contributed by atoms with Crippen LogP contribution in [0, 0.1) is 0 Å². The van der Waals surface area contributed by atoms with Crippen molar-refractivity contribution >= 4 is 16.9 Å². The first-order valence-electron chi connectivity index (χ1n) is 7.17. The lowest BCUT2D eigenvalue weighted by Crippen LogP contribution is -2.11. The Morgan fingerprint density at radius 1 is 1.09 bits per heavy atom. The second-order valence-electron chi connectivity index (χ2n) is 4.82. The summed E-state index contributed by atoms with van der Waals surface area (Å²) in [5.41, 5.74) is 2.25. The second-order valence-corrected chi connectivity index (χ2v) is 4.82. The molecule has 0 radical (unpaired) electrons. The van der Waals surface area contributed by atoms with Gasteiger partial charge in [-0.05, 0) is 31.2 Å². The number of fused-ring (bicyclic) bond motifs is 1. The van der Waals surface area contributed by atoms with Crippen LogP contribution >= 0.6 is 0 Å². The molecular weight excluding hydrogens is 278 g/mol. The molecule has 4 nitrogen and oxygen atoms in total. The maximum Gasteiger partial charge on any atom is 0.355 e. The predicted molar refractivity (Wildman–Crippen MR) is 85.8 cm³/mol. The number of esters is 1. The molecule has 3 rings (SSSR count). The van der Waals surface area contributed by atoms with Gasteiger partial charge < -0.3 is 14.0 Å². The molecule has 0 aliphatic heterocycles. The van der Waals surface area contributed by atoms with Crippen LogP contribution in [-0.4, -0.2) is 24.3 Å². The van der Waals surface area contributed by atoms with Crippen LogP contribution in [0.5, 0.6) is 5.75 Å². The molecule has 1 aromatic heterocycles. The highest BCUT2D eigenvalue weighted by Crippen LogP contribution is 2.32. The van der Waals surface area contributed by atoms with Crippen molar-refractivity contribution in [3.8, 4) is 11.4 Å². The zero-order chi connectivity index (χ0) is 15.5. The summed E-state index contributed by atoms with van der Waals surface area (Å²) in [6, 6.07) is 17.3. The summed E-state index contributed by atoms with van der Waals surface area (Å²) >= 11 is 0. The Balaban J connectivity index is 2.33. The third-order valence-electron chi connectivity index (χ3n) is 3.51. The zero-order valence-corrected chi connectivity index (χ0v) is 12.6. The molecule has 0 aliphatic rings. The van der Waals surface area contributed by atoms with Crippen molar-refractivity contribution in [1.82, 2.24) is 4.57 Å². The van der Waals surface area contributed by atoms with Gasteiger partial charge in [-0.25, -0.2) is 4.79 Å². The highest BCUT2D eigenvalue weighted by atomic mass is 16.5. The van der Waals surface area contributed by atoms with Gasteiger partial charge in [-0.15, -0.1) is 0 Å². The number of rotatable bonds is 4. The molecule has 3 aromatic rings. The second kappa shape index (κ2) is 5.93. The van der Waals surface area contributed by atoms with Gasteiger partial charge in [-0.1, -0.05) is 30.3 Å². The fourth-order valence-electron chi connectivity index (χ4n) is 2.59. The molecule has 0 N–H and O–H groups in total. The van der Waals surface area contributed by atoms with Crippen LogP contribution in [0.1, 0.15) is 17.4 Å². The van der Waals surface area contributed by atoms with E-state index in [1.165, 1.54) is 0 Å². The minimum absolute atomic E-state index is 0.340. The van der Waals surface area contributed by atoms with Crippen molar-refractivity contribution < 1.29 is 14.3 Å². The quantitative estimate of drug-likeness (QED) is 0.687. The lowest BCUT2D eigenvalue weighted by molar-refractivity contribution is 0.0517. The van der Waals surface area contributed by atoms with Gasteiger partial charge >= 0.3 is 5.97 Å².